The van der Waals surface area contributed by atoms with Gasteiger partial charge in [-0.05, 0) is 50.5 Å². The normalized spacial score (nSPS) is 22.9. The summed E-state index contributed by atoms with van der Waals surface area (Å²) in [4.78, 5) is 32.4. The van der Waals surface area contributed by atoms with E-state index in [4.69, 9.17) is 9.72 Å². The van der Waals surface area contributed by atoms with Crippen LogP contribution < -0.4 is 10.6 Å². The van der Waals surface area contributed by atoms with Gasteiger partial charge in [-0.25, -0.2) is 4.98 Å². The number of methoxy groups -OCH3 is 1. The van der Waals surface area contributed by atoms with E-state index in [0.717, 1.165) is 49.2 Å². The first-order valence-corrected chi connectivity index (χ1v) is 14.6. The number of aliphatic hydroxyl groups is 1. The second kappa shape index (κ2) is 13.0. The minimum Gasteiger partial charge on any atom is -0.385 e. The summed E-state index contributed by atoms with van der Waals surface area (Å²) >= 11 is 0. The summed E-state index contributed by atoms with van der Waals surface area (Å²) in [6.45, 7) is 4.49. The van der Waals surface area contributed by atoms with Crippen molar-refractivity contribution >= 4 is 17.4 Å². The van der Waals surface area contributed by atoms with Gasteiger partial charge in [0.15, 0.2) is 11.5 Å². The smallest absolute Gasteiger partial charge is 0.275 e. The number of ketones is 1. The standard InChI is InChI=1S/C32H41N5O4/c1-23(38)24-11-13-26(14-12-24)34-17-15-27-20-33-18-19-36(27)31(39)29-30(25-8-4-3-5-9-25)37(22-35-29)28-10-6-7-16-32(28,40)21-41-2/h3-5,8-9,11-14,22,27-28,33-34,40H,6-7,10,15-21H2,1-2H3/t27-,28-,32-/m1/s1. The van der Waals surface area contributed by atoms with Crippen LogP contribution in [0.5, 0.6) is 0 Å². The van der Waals surface area contributed by atoms with Crippen LogP contribution in [0.2, 0.25) is 0 Å². The molecule has 218 valence electrons. The zero-order valence-electron chi connectivity index (χ0n) is 24.0. The number of carbonyl (C=O) groups excluding carboxylic acids is 2. The van der Waals surface area contributed by atoms with Crippen molar-refractivity contribution in [2.45, 2.75) is 56.7 Å². The van der Waals surface area contributed by atoms with Crippen LogP contribution in [0.4, 0.5) is 5.69 Å². The van der Waals surface area contributed by atoms with Crippen LogP contribution in [0.25, 0.3) is 11.3 Å². The summed E-state index contributed by atoms with van der Waals surface area (Å²) in [5, 5.41) is 18.5. The van der Waals surface area contributed by atoms with E-state index in [1.54, 1.807) is 20.4 Å². The van der Waals surface area contributed by atoms with Crippen molar-refractivity contribution in [1.82, 2.24) is 19.8 Å². The number of piperazine rings is 1. The van der Waals surface area contributed by atoms with E-state index in [-0.39, 0.29) is 30.4 Å². The second-order valence-corrected chi connectivity index (χ2v) is 11.2. The minimum absolute atomic E-state index is 0.00544. The summed E-state index contributed by atoms with van der Waals surface area (Å²) < 4.78 is 7.46. The highest BCUT2D eigenvalue weighted by atomic mass is 16.5. The van der Waals surface area contributed by atoms with E-state index in [0.29, 0.717) is 37.3 Å². The molecule has 2 aromatic carbocycles. The topological polar surface area (TPSA) is 109 Å². The third-order valence-electron chi connectivity index (χ3n) is 8.44. The zero-order valence-corrected chi connectivity index (χ0v) is 24.0. The van der Waals surface area contributed by atoms with Gasteiger partial charge in [0.2, 0.25) is 0 Å². The molecule has 1 saturated heterocycles. The largest absolute Gasteiger partial charge is 0.385 e. The molecule has 1 aromatic heterocycles. The van der Waals surface area contributed by atoms with E-state index in [1.807, 2.05) is 64.1 Å². The number of aromatic nitrogens is 2. The number of amides is 1. The van der Waals surface area contributed by atoms with E-state index < -0.39 is 5.60 Å². The number of carbonyl (C=O) groups is 2. The highest BCUT2D eigenvalue weighted by molar-refractivity contribution is 5.98. The molecule has 1 amide bonds. The Morgan fingerprint density at radius 2 is 1.93 bits per heavy atom. The Bertz CT molecular complexity index is 1320. The molecule has 1 saturated carbocycles. The summed E-state index contributed by atoms with van der Waals surface area (Å²) in [6.07, 6.45) is 5.86. The van der Waals surface area contributed by atoms with Gasteiger partial charge in [-0.15, -0.1) is 0 Å². The van der Waals surface area contributed by atoms with Crippen LogP contribution in [0, 0.1) is 0 Å². The van der Waals surface area contributed by atoms with Crippen molar-refractivity contribution in [3.63, 3.8) is 0 Å². The Balaban J connectivity index is 1.39. The lowest BCUT2D eigenvalue weighted by molar-refractivity contribution is -0.0893. The molecular weight excluding hydrogens is 518 g/mol. The number of ether oxygens (including phenoxy) is 1. The molecule has 2 fully saturated rings. The molecular formula is C32H41N5O4. The van der Waals surface area contributed by atoms with E-state index in [9.17, 15) is 14.7 Å². The fourth-order valence-electron chi connectivity index (χ4n) is 6.28. The molecule has 2 aliphatic rings. The van der Waals surface area contributed by atoms with Gasteiger partial charge in [-0.3, -0.25) is 9.59 Å². The lowest BCUT2D eigenvalue weighted by Crippen LogP contribution is -2.54. The van der Waals surface area contributed by atoms with Crippen molar-refractivity contribution in [2.24, 2.45) is 0 Å². The van der Waals surface area contributed by atoms with Crippen LogP contribution in [0.3, 0.4) is 0 Å². The lowest BCUT2D eigenvalue weighted by atomic mass is 9.80. The fourth-order valence-corrected chi connectivity index (χ4v) is 6.28. The third kappa shape index (κ3) is 6.37. The first-order chi connectivity index (χ1) is 19.9. The van der Waals surface area contributed by atoms with Crippen molar-refractivity contribution in [2.75, 3.05) is 45.2 Å². The molecule has 9 heteroatoms. The number of anilines is 1. The maximum Gasteiger partial charge on any atom is 0.275 e. The van der Waals surface area contributed by atoms with Crippen LogP contribution >= 0.6 is 0 Å². The number of benzene rings is 2. The predicted octanol–water partition coefficient (Wildman–Crippen LogP) is 4.16. The van der Waals surface area contributed by atoms with Gasteiger partial charge in [-0.1, -0.05) is 43.2 Å². The number of nitrogens with zero attached hydrogens (tertiary/aromatic N) is 3. The number of imidazole rings is 1. The van der Waals surface area contributed by atoms with Crippen LogP contribution in [0.1, 0.15) is 65.9 Å². The first-order valence-electron chi connectivity index (χ1n) is 14.6. The van der Waals surface area contributed by atoms with Crippen molar-refractivity contribution in [1.29, 1.82) is 0 Å². The maximum atomic E-state index is 14.2. The number of hydrogen-bond donors (Lipinski definition) is 3. The van der Waals surface area contributed by atoms with Crippen molar-refractivity contribution < 1.29 is 19.4 Å². The fraction of sp³-hybridized carbons (Fsp3) is 0.469. The quantitative estimate of drug-likeness (QED) is 0.320. The molecule has 3 atom stereocenters. The van der Waals surface area contributed by atoms with E-state index >= 15 is 0 Å². The molecule has 1 aliphatic carbocycles. The van der Waals surface area contributed by atoms with E-state index in [2.05, 4.69) is 10.6 Å². The third-order valence-corrected chi connectivity index (χ3v) is 8.44. The molecule has 41 heavy (non-hydrogen) atoms. The molecule has 2 heterocycles. The monoisotopic (exact) mass is 559 g/mol. The molecule has 0 unspecified atom stereocenters. The minimum atomic E-state index is -1.02. The van der Waals surface area contributed by atoms with Gasteiger partial charge in [0.1, 0.15) is 5.60 Å². The van der Waals surface area contributed by atoms with E-state index in [1.165, 1.54) is 0 Å². The summed E-state index contributed by atoms with van der Waals surface area (Å²) in [5.74, 6) is -0.0471. The van der Waals surface area contributed by atoms with Crippen molar-refractivity contribution in [3.8, 4) is 11.3 Å². The lowest BCUT2D eigenvalue weighted by Gasteiger charge is -2.41. The molecule has 3 aromatic rings. The highest BCUT2D eigenvalue weighted by Crippen LogP contribution is 2.41. The van der Waals surface area contributed by atoms with Gasteiger partial charge in [0.25, 0.3) is 5.91 Å². The van der Waals surface area contributed by atoms with Gasteiger partial charge in [-0.2, -0.15) is 0 Å². The highest BCUT2D eigenvalue weighted by Gasteiger charge is 2.42. The Labute approximate surface area is 241 Å². The van der Waals surface area contributed by atoms with Gasteiger partial charge >= 0.3 is 0 Å². The average Bonchev–Trinajstić information content (AvgIpc) is 3.43. The SMILES string of the molecule is COC[C@]1(O)CCCC[C@H]1n1cnc(C(=O)N2CCNC[C@H]2CCNc2ccc(C(C)=O)cc2)c1-c1ccccc1. The Kier molecular flexibility index (Phi) is 9.17. The maximum absolute atomic E-state index is 14.2. The predicted molar refractivity (Wildman–Crippen MR) is 159 cm³/mol. The Morgan fingerprint density at radius 3 is 2.66 bits per heavy atom. The van der Waals surface area contributed by atoms with Gasteiger partial charge < -0.3 is 29.9 Å². The molecule has 0 radical (unpaired) electrons. The molecule has 1 aliphatic heterocycles. The summed E-state index contributed by atoms with van der Waals surface area (Å²) in [6, 6.07) is 17.1. The molecule has 0 bridgehead atoms. The summed E-state index contributed by atoms with van der Waals surface area (Å²) in [5.41, 5.74) is 2.67. The first kappa shape index (κ1) is 29.0. The molecule has 3 N–H and O–H groups in total. The number of Topliss-reactive ketones (excluding diaryl/α,β-unsaturated/α-hetero) is 1. The second-order valence-electron chi connectivity index (χ2n) is 11.2. The van der Waals surface area contributed by atoms with Gasteiger partial charge in [0, 0.05) is 56.1 Å². The Hall–Kier alpha value is -3.53. The zero-order chi connectivity index (χ0) is 28.8. The molecule has 0 spiro atoms. The van der Waals surface area contributed by atoms with Crippen molar-refractivity contribution in [3.05, 3.63) is 72.2 Å². The Morgan fingerprint density at radius 1 is 1.15 bits per heavy atom. The van der Waals surface area contributed by atoms with Crippen LogP contribution in [-0.4, -0.2) is 82.8 Å². The van der Waals surface area contributed by atoms with Gasteiger partial charge in [0.05, 0.1) is 24.7 Å². The van der Waals surface area contributed by atoms with Crippen LogP contribution in [-0.2, 0) is 4.74 Å². The number of nitrogens with one attached hydrogen (secondary N) is 2. The number of rotatable bonds is 10. The molecule has 5 rings (SSSR count). The summed E-state index contributed by atoms with van der Waals surface area (Å²) in [7, 11) is 1.62. The average molecular weight is 560 g/mol. The molecule has 9 nitrogen and oxygen atoms in total. The van der Waals surface area contributed by atoms with Crippen LogP contribution in [0.15, 0.2) is 60.9 Å². The number of hydrogen-bond acceptors (Lipinski definition) is 7.